The molecule has 4 unspecified atom stereocenters. The van der Waals surface area contributed by atoms with Crippen molar-refractivity contribution < 1.29 is 19.7 Å². The maximum absolute atomic E-state index is 11.7. The quantitative estimate of drug-likeness (QED) is 0.290. The van der Waals surface area contributed by atoms with Crippen molar-refractivity contribution in [3.05, 3.63) is 23.8 Å². The summed E-state index contributed by atoms with van der Waals surface area (Å²) in [5, 5.41) is 29.9. The van der Waals surface area contributed by atoms with Crippen molar-refractivity contribution in [1.82, 2.24) is 0 Å². The molecule has 0 aromatic carbocycles. The number of hydrogen-bond acceptors (Lipinski definition) is 8. The van der Waals surface area contributed by atoms with Crippen molar-refractivity contribution in [3.8, 4) is 0 Å². The fourth-order valence-corrected chi connectivity index (χ4v) is 8.37. The Morgan fingerprint density at radius 1 is 1.30 bits per heavy atom. The van der Waals surface area contributed by atoms with E-state index in [9.17, 15) is 10.2 Å². The Labute approximate surface area is 195 Å². The van der Waals surface area contributed by atoms with Gasteiger partial charge in [0.25, 0.3) is 0 Å². The Balaban J connectivity index is 1.56. The Kier molecular flexibility index (Phi) is 5.51. The normalized spacial score (nSPS) is 49.9. The lowest BCUT2D eigenvalue weighted by atomic mass is 9.46. The van der Waals surface area contributed by atoms with Crippen LogP contribution in [0.1, 0.15) is 59.3 Å². The zero-order valence-corrected chi connectivity index (χ0v) is 19.9. The summed E-state index contributed by atoms with van der Waals surface area (Å²) in [6.07, 6.45) is 10.1. The van der Waals surface area contributed by atoms with E-state index in [-0.39, 0.29) is 36.3 Å². The topological polar surface area (TPSA) is 136 Å². The average molecular weight is 459 g/mol. The summed E-state index contributed by atoms with van der Waals surface area (Å²) in [7, 11) is 0. The number of rotatable bonds is 4. The minimum Gasteiger partial charge on any atom is -0.393 e. The van der Waals surface area contributed by atoms with Crippen LogP contribution in [0.15, 0.2) is 34.0 Å². The highest BCUT2D eigenvalue weighted by molar-refractivity contribution is 6.05. The molecule has 4 fully saturated rings. The van der Waals surface area contributed by atoms with E-state index in [4.69, 9.17) is 21.2 Å². The fraction of sp³-hybridized carbons (Fsp3) is 0.760. The van der Waals surface area contributed by atoms with E-state index >= 15 is 0 Å². The fourth-order valence-electron chi connectivity index (χ4n) is 8.37. The summed E-state index contributed by atoms with van der Waals surface area (Å²) in [5.41, 5.74) is 0.914. The van der Waals surface area contributed by atoms with Gasteiger partial charge >= 0.3 is 0 Å². The third-order valence-electron chi connectivity index (χ3n) is 9.71. The second-order valence-corrected chi connectivity index (χ2v) is 11.0. The molecule has 8 heteroatoms. The number of ether oxygens (including phenoxy) is 2. The van der Waals surface area contributed by atoms with Gasteiger partial charge in [-0.15, -0.1) is 0 Å². The second-order valence-electron chi connectivity index (χ2n) is 11.0. The lowest BCUT2D eigenvalue weighted by molar-refractivity contribution is -0.176. The minimum absolute atomic E-state index is 0.0841. The lowest BCUT2D eigenvalue weighted by Crippen LogP contribution is -2.63. The van der Waals surface area contributed by atoms with E-state index in [1.54, 1.807) is 0 Å². The van der Waals surface area contributed by atoms with Gasteiger partial charge in [0.1, 0.15) is 5.60 Å². The van der Waals surface area contributed by atoms with Crippen LogP contribution in [0.25, 0.3) is 0 Å². The van der Waals surface area contributed by atoms with Gasteiger partial charge in [-0.3, -0.25) is 0 Å². The van der Waals surface area contributed by atoms with Crippen molar-refractivity contribution in [2.24, 2.45) is 50.5 Å². The molecule has 1 saturated heterocycles. The number of fused-ring (bicyclic) bond motifs is 7. The number of aliphatic hydroxyl groups excluding tert-OH is 2. The smallest absolute Gasteiger partial charge is 0.159 e. The van der Waals surface area contributed by atoms with E-state index in [1.165, 1.54) is 5.57 Å². The minimum atomic E-state index is -0.911. The van der Waals surface area contributed by atoms with Crippen LogP contribution in [-0.2, 0) is 9.47 Å². The van der Waals surface area contributed by atoms with E-state index in [1.807, 2.05) is 6.08 Å². The monoisotopic (exact) mass is 458 g/mol. The van der Waals surface area contributed by atoms with Gasteiger partial charge in [0.05, 0.1) is 30.2 Å². The highest BCUT2D eigenvalue weighted by Crippen LogP contribution is 2.69. The third-order valence-corrected chi connectivity index (χ3v) is 9.71. The third kappa shape index (κ3) is 2.90. The van der Waals surface area contributed by atoms with Gasteiger partial charge in [-0.1, -0.05) is 38.8 Å². The molecule has 9 atom stereocenters. The largest absolute Gasteiger partial charge is 0.393 e. The van der Waals surface area contributed by atoms with E-state index < -0.39 is 17.1 Å². The molecule has 4 aliphatic carbocycles. The van der Waals surface area contributed by atoms with Gasteiger partial charge < -0.3 is 31.4 Å². The molecule has 8 nitrogen and oxygen atoms in total. The first-order valence-electron chi connectivity index (χ1n) is 12.4. The SMILES string of the molecule is CCCC1O[C@H]2CC3C4CCC5=C/C(=N/N)C=C[C@]5(C)C4[C@@H](O)C[C@]3(C)[C@]2(/C(CO)=N/N)O1. The molecule has 182 valence electrons. The Hall–Kier alpha value is -1.74. The van der Waals surface area contributed by atoms with Crippen molar-refractivity contribution in [1.29, 1.82) is 0 Å². The molecular weight excluding hydrogens is 420 g/mol. The maximum Gasteiger partial charge on any atom is 0.159 e. The zero-order valence-electron chi connectivity index (χ0n) is 19.9. The first kappa shape index (κ1) is 23.0. The molecule has 1 aliphatic heterocycles. The van der Waals surface area contributed by atoms with Gasteiger partial charge in [0.2, 0.25) is 0 Å². The summed E-state index contributed by atoms with van der Waals surface area (Å²) in [5.74, 6) is 12.0. The van der Waals surface area contributed by atoms with Crippen molar-refractivity contribution in [3.63, 3.8) is 0 Å². The predicted octanol–water partition coefficient (Wildman–Crippen LogP) is 2.21. The number of nitrogens with two attached hydrogens (primary N) is 2. The molecule has 33 heavy (non-hydrogen) atoms. The molecule has 0 amide bonds. The zero-order chi connectivity index (χ0) is 23.6. The van der Waals surface area contributed by atoms with Crippen LogP contribution in [0.4, 0.5) is 0 Å². The Morgan fingerprint density at radius 3 is 2.76 bits per heavy atom. The van der Waals surface area contributed by atoms with E-state index in [0.717, 1.165) is 37.8 Å². The molecule has 1 heterocycles. The first-order chi connectivity index (χ1) is 15.8. The molecule has 6 N–H and O–H groups in total. The first-order valence-corrected chi connectivity index (χ1v) is 12.4. The van der Waals surface area contributed by atoms with E-state index in [2.05, 4.69) is 43.1 Å². The summed E-state index contributed by atoms with van der Waals surface area (Å²) in [4.78, 5) is 0. The van der Waals surface area contributed by atoms with Crippen LogP contribution in [0.3, 0.4) is 0 Å². The average Bonchev–Trinajstić information content (AvgIpc) is 3.26. The molecule has 0 spiro atoms. The van der Waals surface area contributed by atoms with Crippen molar-refractivity contribution in [2.75, 3.05) is 6.61 Å². The molecule has 5 rings (SSSR count). The standard InChI is InChI=1S/C25H38N4O4/c1-4-5-21-32-20-11-17-16-7-6-14-10-15(28-26)8-9-23(14,2)22(16)18(31)12-24(17,3)25(20,33-21)19(13-30)29-27/h8-10,16-18,20-22,30-31H,4-7,11-13,26-27H2,1-3H3/b28-15+,29-19+/t16?,17?,18-,20-,21?,22?,23-,24-,25+/m0/s1. The summed E-state index contributed by atoms with van der Waals surface area (Å²) in [6.45, 7) is 6.25. The Morgan fingerprint density at radius 2 is 2.09 bits per heavy atom. The highest BCUT2D eigenvalue weighted by Gasteiger charge is 2.74. The van der Waals surface area contributed by atoms with Gasteiger partial charge in [-0.25, -0.2) is 0 Å². The molecule has 5 aliphatic rings. The number of allylic oxidation sites excluding steroid dienone is 4. The number of hydrazone groups is 2. The van der Waals surface area contributed by atoms with Crippen LogP contribution in [0, 0.1) is 28.6 Å². The van der Waals surface area contributed by atoms with Crippen LogP contribution < -0.4 is 11.7 Å². The summed E-state index contributed by atoms with van der Waals surface area (Å²) >= 11 is 0. The summed E-state index contributed by atoms with van der Waals surface area (Å²) in [6, 6.07) is 0. The molecule has 0 aromatic rings. The number of nitrogens with zero attached hydrogens (tertiary/aromatic N) is 2. The number of hydrogen-bond donors (Lipinski definition) is 4. The van der Waals surface area contributed by atoms with Crippen LogP contribution in [-0.4, -0.2) is 52.3 Å². The van der Waals surface area contributed by atoms with Crippen molar-refractivity contribution >= 4 is 11.4 Å². The molecule has 0 bridgehead atoms. The second kappa shape index (κ2) is 7.90. The highest BCUT2D eigenvalue weighted by atomic mass is 16.7. The Bertz CT molecular complexity index is 931. The maximum atomic E-state index is 11.7. The lowest BCUT2D eigenvalue weighted by Gasteiger charge is -2.60. The molecule has 0 aromatic heterocycles. The molecular formula is C25H38N4O4. The van der Waals surface area contributed by atoms with Crippen LogP contribution in [0.2, 0.25) is 0 Å². The van der Waals surface area contributed by atoms with Crippen LogP contribution >= 0.6 is 0 Å². The van der Waals surface area contributed by atoms with Crippen LogP contribution in [0.5, 0.6) is 0 Å². The van der Waals surface area contributed by atoms with Gasteiger partial charge in [-0.05, 0) is 56.1 Å². The number of aliphatic hydroxyl groups is 2. The molecule has 0 radical (unpaired) electrons. The van der Waals surface area contributed by atoms with E-state index in [0.29, 0.717) is 18.1 Å². The van der Waals surface area contributed by atoms with Gasteiger partial charge in [0.15, 0.2) is 6.29 Å². The van der Waals surface area contributed by atoms with Gasteiger partial charge in [0, 0.05) is 16.7 Å². The predicted molar refractivity (Wildman–Crippen MR) is 126 cm³/mol. The van der Waals surface area contributed by atoms with Crippen molar-refractivity contribution in [2.45, 2.75) is 83.4 Å². The van der Waals surface area contributed by atoms with Gasteiger partial charge in [-0.2, -0.15) is 10.2 Å². The molecule has 3 saturated carbocycles. The summed E-state index contributed by atoms with van der Waals surface area (Å²) < 4.78 is 13.1.